The van der Waals surface area contributed by atoms with Crippen molar-refractivity contribution < 1.29 is 9.50 Å². The van der Waals surface area contributed by atoms with E-state index in [2.05, 4.69) is 20.0 Å². The van der Waals surface area contributed by atoms with Gasteiger partial charge in [-0.15, -0.1) is 10.2 Å². The van der Waals surface area contributed by atoms with Crippen LogP contribution in [0.4, 0.5) is 10.3 Å². The van der Waals surface area contributed by atoms with Crippen LogP contribution in [-0.2, 0) is 0 Å². The van der Waals surface area contributed by atoms with E-state index < -0.39 is 0 Å². The van der Waals surface area contributed by atoms with Gasteiger partial charge in [0.25, 0.3) is 0 Å². The monoisotopic (exact) mass is 265 g/mol. The Balaban J connectivity index is 1.80. The molecule has 0 atom stereocenters. The van der Waals surface area contributed by atoms with Gasteiger partial charge in [0, 0.05) is 38.9 Å². The quantitative estimate of drug-likeness (QED) is 0.845. The van der Waals surface area contributed by atoms with Gasteiger partial charge in [0.15, 0.2) is 5.65 Å². The van der Waals surface area contributed by atoms with Gasteiger partial charge in [-0.25, -0.2) is 4.39 Å². The molecule has 0 saturated carbocycles. The third kappa shape index (κ3) is 2.39. The number of pyridine rings is 1. The number of β-amino-alcohol motifs (C(OH)–C–C–N with tert-alkyl or cyclic N) is 1. The lowest BCUT2D eigenvalue weighted by molar-refractivity contribution is 0.188. The lowest BCUT2D eigenvalue weighted by Crippen LogP contribution is -2.47. The fourth-order valence-electron chi connectivity index (χ4n) is 2.38. The molecule has 19 heavy (non-hydrogen) atoms. The van der Waals surface area contributed by atoms with E-state index in [-0.39, 0.29) is 12.4 Å². The van der Waals surface area contributed by atoms with Crippen molar-refractivity contribution in [2.45, 2.75) is 0 Å². The average Bonchev–Trinajstić information content (AvgIpc) is 2.83. The maximum Gasteiger partial charge on any atom is 0.231 e. The molecule has 1 N–H and O–H groups in total. The zero-order chi connectivity index (χ0) is 13.2. The summed E-state index contributed by atoms with van der Waals surface area (Å²) in [6.07, 6.45) is 1.41. The van der Waals surface area contributed by atoms with Gasteiger partial charge in [0.05, 0.1) is 6.61 Å². The van der Waals surface area contributed by atoms with E-state index in [0.717, 1.165) is 26.2 Å². The minimum absolute atomic E-state index is 0.180. The van der Waals surface area contributed by atoms with Crippen molar-refractivity contribution >= 4 is 11.6 Å². The van der Waals surface area contributed by atoms with Gasteiger partial charge in [-0.1, -0.05) is 0 Å². The minimum Gasteiger partial charge on any atom is -0.395 e. The highest BCUT2D eigenvalue weighted by atomic mass is 19.1. The largest absolute Gasteiger partial charge is 0.395 e. The highest BCUT2D eigenvalue weighted by Crippen LogP contribution is 2.16. The second kappa shape index (κ2) is 5.10. The first-order chi connectivity index (χ1) is 9.28. The van der Waals surface area contributed by atoms with E-state index in [4.69, 9.17) is 5.11 Å². The predicted molar refractivity (Wildman–Crippen MR) is 68.7 cm³/mol. The maximum absolute atomic E-state index is 13.3. The number of hydrogen-bond donors (Lipinski definition) is 1. The smallest absolute Gasteiger partial charge is 0.231 e. The van der Waals surface area contributed by atoms with Crippen molar-refractivity contribution in [2.24, 2.45) is 0 Å². The van der Waals surface area contributed by atoms with Crippen LogP contribution in [0.15, 0.2) is 18.3 Å². The molecule has 2 aromatic rings. The van der Waals surface area contributed by atoms with E-state index in [1.807, 2.05) is 0 Å². The van der Waals surface area contributed by atoms with Crippen molar-refractivity contribution in [1.82, 2.24) is 19.5 Å². The molecule has 102 valence electrons. The second-order valence-electron chi connectivity index (χ2n) is 4.63. The number of aliphatic hydroxyl groups is 1. The van der Waals surface area contributed by atoms with Gasteiger partial charge in [0.1, 0.15) is 5.82 Å². The Kier molecular flexibility index (Phi) is 3.31. The van der Waals surface area contributed by atoms with Crippen molar-refractivity contribution in [3.63, 3.8) is 0 Å². The maximum atomic E-state index is 13.3. The van der Waals surface area contributed by atoms with Crippen LogP contribution in [0.1, 0.15) is 0 Å². The van der Waals surface area contributed by atoms with Crippen LogP contribution in [0.2, 0.25) is 0 Å². The second-order valence-corrected chi connectivity index (χ2v) is 4.63. The summed E-state index contributed by atoms with van der Waals surface area (Å²) in [7, 11) is 0. The Morgan fingerprint density at radius 2 is 1.95 bits per heavy atom. The molecule has 1 aliphatic rings. The molecule has 3 heterocycles. The number of halogens is 1. The predicted octanol–water partition coefficient (Wildman–Crippen LogP) is -0.0173. The number of fused-ring (bicyclic) bond motifs is 1. The Morgan fingerprint density at radius 3 is 2.68 bits per heavy atom. The number of nitrogens with zero attached hydrogens (tertiary/aromatic N) is 5. The lowest BCUT2D eigenvalue weighted by Gasteiger charge is -2.34. The Morgan fingerprint density at radius 1 is 1.16 bits per heavy atom. The van der Waals surface area contributed by atoms with Gasteiger partial charge in [0.2, 0.25) is 5.95 Å². The van der Waals surface area contributed by atoms with Crippen LogP contribution in [0, 0.1) is 5.82 Å². The molecule has 0 aliphatic carbocycles. The zero-order valence-electron chi connectivity index (χ0n) is 10.5. The van der Waals surface area contributed by atoms with Gasteiger partial charge < -0.3 is 10.0 Å². The normalized spacial score (nSPS) is 17.3. The Labute approximate surface area is 110 Å². The summed E-state index contributed by atoms with van der Waals surface area (Å²) in [5.41, 5.74) is 0.647. The van der Waals surface area contributed by atoms with Gasteiger partial charge >= 0.3 is 0 Å². The molecule has 0 bridgehead atoms. The van der Waals surface area contributed by atoms with Gasteiger partial charge in [-0.2, -0.15) is 0 Å². The van der Waals surface area contributed by atoms with Crippen LogP contribution in [0.5, 0.6) is 0 Å². The van der Waals surface area contributed by atoms with E-state index in [9.17, 15) is 4.39 Å². The molecule has 0 radical (unpaired) electrons. The molecular weight excluding hydrogens is 249 g/mol. The topological polar surface area (TPSA) is 56.9 Å². The van der Waals surface area contributed by atoms with E-state index in [1.165, 1.54) is 12.3 Å². The SMILES string of the molecule is OCCN1CCN(c2nnc3ccc(F)cn23)CC1. The molecule has 0 spiro atoms. The molecule has 0 aromatic carbocycles. The number of aromatic nitrogens is 3. The third-order valence-corrected chi connectivity index (χ3v) is 3.42. The minimum atomic E-state index is -0.299. The number of anilines is 1. The molecule has 0 unspecified atom stereocenters. The molecular formula is C12H16FN5O. The average molecular weight is 265 g/mol. The number of piperazine rings is 1. The van der Waals surface area contributed by atoms with Crippen molar-refractivity contribution in [1.29, 1.82) is 0 Å². The summed E-state index contributed by atoms with van der Waals surface area (Å²) in [5, 5.41) is 17.1. The lowest BCUT2D eigenvalue weighted by atomic mass is 10.3. The number of aliphatic hydroxyl groups excluding tert-OH is 1. The first-order valence-electron chi connectivity index (χ1n) is 6.36. The summed E-state index contributed by atoms with van der Waals surface area (Å²) in [6.45, 7) is 4.21. The van der Waals surface area contributed by atoms with E-state index >= 15 is 0 Å². The Bertz CT molecular complexity index is 564. The molecule has 0 amide bonds. The first-order valence-corrected chi connectivity index (χ1v) is 6.36. The summed E-state index contributed by atoms with van der Waals surface area (Å²) in [6, 6.07) is 3.00. The van der Waals surface area contributed by atoms with Crippen molar-refractivity contribution in [2.75, 3.05) is 44.2 Å². The highest BCUT2D eigenvalue weighted by Gasteiger charge is 2.20. The van der Waals surface area contributed by atoms with Crippen LogP contribution < -0.4 is 4.90 Å². The molecule has 1 saturated heterocycles. The fourth-order valence-corrected chi connectivity index (χ4v) is 2.38. The van der Waals surface area contributed by atoms with Gasteiger partial charge in [-0.3, -0.25) is 9.30 Å². The third-order valence-electron chi connectivity index (χ3n) is 3.42. The van der Waals surface area contributed by atoms with Gasteiger partial charge in [-0.05, 0) is 12.1 Å². The number of rotatable bonds is 3. The van der Waals surface area contributed by atoms with Crippen LogP contribution >= 0.6 is 0 Å². The van der Waals surface area contributed by atoms with Crippen molar-refractivity contribution in [3.05, 3.63) is 24.1 Å². The molecule has 3 rings (SSSR count). The molecule has 7 heteroatoms. The molecule has 6 nitrogen and oxygen atoms in total. The molecule has 2 aromatic heterocycles. The summed E-state index contributed by atoms with van der Waals surface area (Å²) >= 11 is 0. The number of hydrogen-bond acceptors (Lipinski definition) is 5. The summed E-state index contributed by atoms with van der Waals surface area (Å²) in [5.74, 6) is 0.380. The first kappa shape index (κ1) is 12.3. The van der Waals surface area contributed by atoms with E-state index in [1.54, 1.807) is 10.5 Å². The van der Waals surface area contributed by atoms with Crippen LogP contribution in [0.25, 0.3) is 5.65 Å². The molecule has 1 aliphatic heterocycles. The Hall–Kier alpha value is -1.73. The fraction of sp³-hybridized carbons (Fsp3) is 0.500. The van der Waals surface area contributed by atoms with E-state index in [0.29, 0.717) is 18.1 Å². The standard InChI is InChI=1S/C12H16FN5O/c13-10-1-2-11-14-15-12(18(11)9-10)17-5-3-16(4-6-17)7-8-19/h1-2,9,19H,3-8H2. The highest BCUT2D eigenvalue weighted by molar-refractivity contribution is 5.46. The van der Waals surface area contributed by atoms with Crippen LogP contribution in [-0.4, -0.2) is 63.9 Å². The summed E-state index contributed by atoms with van der Waals surface area (Å²) in [4.78, 5) is 4.29. The van der Waals surface area contributed by atoms with Crippen molar-refractivity contribution in [3.8, 4) is 0 Å². The summed E-state index contributed by atoms with van der Waals surface area (Å²) < 4.78 is 15.0. The molecule has 1 fully saturated rings. The van der Waals surface area contributed by atoms with Crippen LogP contribution in [0.3, 0.4) is 0 Å². The zero-order valence-corrected chi connectivity index (χ0v) is 10.5.